The molecule has 0 aliphatic heterocycles. The van der Waals surface area contributed by atoms with Crippen LogP contribution in [0.3, 0.4) is 0 Å². The molecule has 0 aromatic heterocycles. The van der Waals surface area contributed by atoms with Crippen molar-refractivity contribution in [2.45, 2.75) is 71.1 Å². The Balaban J connectivity index is 0.0000102. The van der Waals surface area contributed by atoms with Crippen molar-refractivity contribution >= 4 is 36.3 Å². The lowest BCUT2D eigenvalue weighted by Gasteiger charge is -2.24. The van der Waals surface area contributed by atoms with E-state index >= 15 is 0 Å². The predicted octanol–water partition coefficient (Wildman–Crippen LogP) is 4.52. The van der Waals surface area contributed by atoms with E-state index in [-0.39, 0.29) is 40.1 Å². The summed E-state index contributed by atoms with van der Waals surface area (Å²) < 4.78 is 0.353. The molecule has 0 aliphatic rings. The van der Waals surface area contributed by atoms with E-state index in [9.17, 15) is 24.6 Å². The number of amides is 1. The van der Waals surface area contributed by atoms with Crippen molar-refractivity contribution < 1.29 is 29.4 Å². The number of non-ortho nitro benzene ring substituents is 1. The molecule has 0 spiro atoms. The minimum absolute atomic E-state index is 0. The van der Waals surface area contributed by atoms with Crippen molar-refractivity contribution in [1.82, 2.24) is 0 Å². The average molecular weight is 486 g/mol. The molecule has 1 unspecified atom stereocenters. The summed E-state index contributed by atoms with van der Waals surface area (Å²) in [5.41, 5.74) is -0.408. The number of hydrogen-bond acceptors (Lipinski definition) is 6. The summed E-state index contributed by atoms with van der Waals surface area (Å²) in [4.78, 5) is 46.1. The monoisotopic (exact) mass is 485 g/mol. The van der Waals surface area contributed by atoms with Crippen molar-refractivity contribution in [3.05, 3.63) is 28.3 Å². The first-order valence-corrected chi connectivity index (χ1v) is 12.7. The minimum Gasteiger partial charge on any atom is -0.870 e. The molecule has 188 valence electrons. The van der Waals surface area contributed by atoms with Crippen LogP contribution in [-0.4, -0.2) is 58.9 Å². The van der Waals surface area contributed by atoms with Gasteiger partial charge in [-0.15, -0.1) is 0 Å². The van der Waals surface area contributed by atoms with Crippen molar-refractivity contribution in [1.29, 1.82) is 0 Å². The second-order valence-corrected chi connectivity index (χ2v) is 10.8. The lowest BCUT2D eigenvalue weighted by molar-refractivity contribution is -0.861. The predicted molar refractivity (Wildman–Crippen MR) is 132 cm³/mol. The van der Waals surface area contributed by atoms with Gasteiger partial charge >= 0.3 is 0 Å². The Labute approximate surface area is 198 Å². The molecule has 1 amide bonds. The lowest BCUT2D eigenvalue weighted by atomic mass is 10.1. The molecule has 10 heteroatoms. The minimum atomic E-state index is -2.20. The van der Waals surface area contributed by atoms with Crippen LogP contribution in [0.4, 0.5) is 11.4 Å². The van der Waals surface area contributed by atoms with Gasteiger partial charge in [-0.05, 0) is 12.5 Å². The Morgan fingerprint density at radius 2 is 1.58 bits per heavy atom. The molecule has 1 aromatic rings. The highest BCUT2D eigenvalue weighted by atomic mass is 31.1. The largest absolute Gasteiger partial charge is 0.870 e. The summed E-state index contributed by atoms with van der Waals surface area (Å²) in [5, 5.41) is 14.1. The van der Waals surface area contributed by atoms with Gasteiger partial charge in [0.2, 0.25) is 11.4 Å². The van der Waals surface area contributed by atoms with Gasteiger partial charge in [0.1, 0.15) is 14.7 Å². The number of nitro groups is 1. The van der Waals surface area contributed by atoms with Gasteiger partial charge in [-0.1, -0.05) is 58.3 Å². The van der Waals surface area contributed by atoms with Gasteiger partial charge in [0.15, 0.2) is 0 Å². The number of unbranched alkanes of at least 4 members (excludes halogenated alkanes) is 8. The Morgan fingerprint density at radius 1 is 1.03 bits per heavy atom. The number of rotatable bonds is 16. The standard InChI is InChI=1S/C23H38N3O5P.H2O/c1-5-6-7-8-9-10-11-12-13-14-22(27)24-20-17-19(25(29)30)15-16-21(20)32(31)23(28)18-26(2,3)4;/h15-17,31H,5-14,18H2,1-4H3;1H2. The smallest absolute Gasteiger partial charge is 0.271 e. The Hall–Kier alpha value is -1.93. The van der Waals surface area contributed by atoms with E-state index in [2.05, 4.69) is 12.2 Å². The molecule has 0 radical (unpaired) electrons. The van der Waals surface area contributed by atoms with E-state index in [0.717, 1.165) is 19.3 Å². The number of nitrogens with one attached hydrogen (secondary N) is 1. The van der Waals surface area contributed by atoms with E-state index in [1.807, 2.05) is 21.1 Å². The Morgan fingerprint density at radius 3 is 2.09 bits per heavy atom. The number of nitrogens with zero attached hydrogens (tertiary/aromatic N) is 2. The van der Waals surface area contributed by atoms with Gasteiger partial charge in [0.25, 0.3) is 5.69 Å². The maximum absolute atomic E-state index is 12.5. The number of carbonyl (C=O) groups is 2. The topological polar surface area (TPSA) is 140 Å². The molecule has 33 heavy (non-hydrogen) atoms. The summed E-state index contributed by atoms with van der Waals surface area (Å²) in [6, 6.07) is 3.83. The number of anilines is 1. The van der Waals surface area contributed by atoms with E-state index < -0.39 is 13.1 Å². The van der Waals surface area contributed by atoms with Crippen molar-refractivity contribution in [2.24, 2.45) is 0 Å². The molecule has 0 heterocycles. The van der Waals surface area contributed by atoms with Crippen molar-refractivity contribution in [2.75, 3.05) is 33.0 Å². The quantitative estimate of drug-likeness (QED) is 0.116. The summed E-state index contributed by atoms with van der Waals surface area (Å²) in [6.45, 7) is 2.32. The summed E-state index contributed by atoms with van der Waals surface area (Å²) in [6.07, 6.45) is 10.6. The molecule has 3 N–H and O–H groups in total. The zero-order chi connectivity index (χ0) is 24.1. The Kier molecular flexibility index (Phi) is 14.9. The molecule has 0 bridgehead atoms. The number of benzene rings is 1. The van der Waals surface area contributed by atoms with Crippen molar-refractivity contribution in [3.63, 3.8) is 0 Å². The van der Waals surface area contributed by atoms with Gasteiger partial charge in [0.05, 0.1) is 31.8 Å². The van der Waals surface area contributed by atoms with Crippen LogP contribution in [0.1, 0.15) is 71.1 Å². The number of nitro benzene ring substituents is 1. The van der Waals surface area contributed by atoms with Crippen LogP contribution in [0.5, 0.6) is 0 Å². The zero-order valence-corrected chi connectivity index (χ0v) is 21.3. The zero-order valence-electron chi connectivity index (χ0n) is 20.4. The fourth-order valence-electron chi connectivity index (χ4n) is 3.34. The average Bonchev–Trinajstić information content (AvgIpc) is 2.70. The lowest BCUT2D eigenvalue weighted by Crippen LogP contribution is -2.39. The summed E-state index contributed by atoms with van der Waals surface area (Å²) >= 11 is 0. The van der Waals surface area contributed by atoms with Gasteiger partial charge in [0, 0.05) is 23.9 Å². The highest BCUT2D eigenvalue weighted by Gasteiger charge is 2.27. The second-order valence-electron chi connectivity index (χ2n) is 9.24. The van der Waals surface area contributed by atoms with Crippen LogP contribution in [0.25, 0.3) is 0 Å². The van der Waals surface area contributed by atoms with Gasteiger partial charge in [-0.3, -0.25) is 19.7 Å². The molecule has 0 aliphatic carbocycles. The number of carbonyl (C=O) groups excluding carboxylic acids is 2. The van der Waals surface area contributed by atoms with Crippen LogP contribution < -0.4 is 10.6 Å². The highest BCUT2D eigenvalue weighted by molar-refractivity contribution is 7.76. The Bertz CT molecular complexity index is 767. The molecular weight excluding hydrogens is 445 g/mol. The molecule has 1 aromatic carbocycles. The maximum Gasteiger partial charge on any atom is 0.271 e. The summed E-state index contributed by atoms with van der Waals surface area (Å²) in [7, 11) is 3.31. The maximum atomic E-state index is 12.5. The molecule has 9 nitrogen and oxygen atoms in total. The number of quaternary nitrogens is 1. The van der Waals surface area contributed by atoms with E-state index in [4.69, 9.17) is 0 Å². The highest BCUT2D eigenvalue weighted by Crippen LogP contribution is 2.35. The van der Waals surface area contributed by atoms with Gasteiger partial charge in [-0.2, -0.15) is 0 Å². The first-order valence-electron chi connectivity index (χ1n) is 11.5. The normalized spacial score (nSPS) is 12.0. The second kappa shape index (κ2) is 15.8. The third-order valence-corrected chi connectivity index (χ3v) is 6.51. The molecular formula is C23H40N3O6P. The molecule has 1 atom stereocenters. The van der Waals surface area contributed by atoms with E-state index in [1.165, 1.54) is 56.7 Å². The van der Waals surface area contributed by atoms with Gasteiger partial charge < -0.3 is 20.2 Å². The fraction of sp³-hybridized carbons (Fsp3) is 0.652. The van der Waals surface area contributed by atoms with Crippen LogP contribution >= 0.6 is 8.15 Å². The van der Waals surface area contributed by atoms with E-state index in [0.29, 0.717) is 10.9 Å². The number of likely N-dealkylation sites (N-methyl/N-ethyl adjacent to an activating group) is 1. The molecule has 0 saturated heterocycles. The van der Waals surface area contributed by atoms with Crippen LogP contribution in [0.15, 0.2) is 18.2 Å². The SMILES string of the molecule is CCCCCCCCCCCC(=O)Nc1cc([N+](=O)[O-])ccc1P(O)C(=O)C[N+](C)(C)C.[OH-]. The fourth-order valence-corrected chi connectivity index (χ4v) is 4.73. The first-order chi connectivity index (χ1) is 15.0. The van der Waals surface area contributed by atoms with E-state index in [1.54, 1.807) is 0 Å². The third-order valence-electron chi connectivity index (χ3n) is 5.05. The number of hydrogen-bond donors (Lipinski definition) is 2. The molecule has 0 fully saturated rings. The van der Waals surface area contributed by atoms with Crippen molar-refractivity contribution in [3.8, 4) is 0 Å². The van der Waals surface area contributed by atoms with Crippen LogP contribution in [0.2, 0.25) is 0 Å². The third kappa shape index (κ3) is 12.8. The molecule has 1 rings (SSSR count). The molecule has 0 saturated carbocycles. The van der Waals surface area contributed by atoms with Crippen LogP contribution in [0, 0.1) is 10.1 Å². The summed E-state index contributed by atoms with van der Waals surface area (Å²) in [5.74, 6) is -0.267. The van der Waals surface area contributed by atoms with Gasteiger partial charge in [-0.25, -0.2) is 0 Å². The first kappa shape index (κ1) is 31.1. The van der Waals surface area contributed by atoms with Crippen LogP contribution in [-0.2, 0) is 9.59 Å².